The number of thioether (sulfide) groups is 1. The summed E-state index contributed by atoms with van der Waals surface area (Å²) in [5, 5.41) is 8.62. The van der Waals surface area contributed by atoms with Crippen molar-refractivity contribution in [2.75, 3.05) is 37.9 Å². The summed E-state index contributed by atoms with van der Waals surface area (Å²) < 4.78 is 5.51. The Hall–Kier alpha value is -0.580. The minimum atomic E-state index is 0.0791. The smallest absolute Gasteiger partial charge is 0.0661 e. The number of aliphatic imine (C=N–C) groups is 1. The highest BCUT2D eigenvalue weighted by Crippen LogP contribution is 2.24. The Bertz CT molecular complexity index is 315. The Kier molecular flexibility index (Phi) is 8.88. The largest absolute Gasteiger partial charge is 0.396 e. The van der Waals surface area contributed by atoms with Gasteiger partial charge in [-0.2, -0.15) is 11.8 Å². The molecule has 0 aromatic carbocycles. The van der Waals surface area contributed by atoms with Crippen LogP contribution in [-0.2, 0) is 4.74 Å². The van der Waals surface area contributed by atoms with Crippen molar-refractivity contribution in [2.24, 2.45) is 10.4 Å². The van der Waals surface area contributed by atoms with Gasteiger partial charge in [-0.25, -0.2) is 0 Å². The van der Waals surface area contributed by atoms with E-state index in [2.05, 4.69) is 36.2 Å². The average molecular weight is 283 g/mol. The summed E-state index contributed by atoms with van der Waals surface area (Å²) in [4.78, 5) is 4.44. The molecule has 19 heavy (non-hydrogen) atoms. The molecule has 1 atom stereocenters. The van der Waals surface area contributed by atoms with Gasteiger partial charge in [0.15, 0.2) is 0 Å². The van der Waals surface area contributed by atoms with E-state index < -0.39 is 0 Å². The van der Waals surface area contributed by atoms with Gasteiger partial charge in [-0.3, -0.25) is 4.99 Å². The van der Waals surface area contributed by atoms with Crippen LogP contribution in [0.25, 0.3) is 0 Å². The molecular formula is C15H25NO2S. The normalized spacial score (nSPS) is 22.4. The predicted octanol–water partition coefficient (Wildman–Crippen LogP) is 2.71. The van der Waals surface area contributed by atoms with E-state index in [4.69, 9.17) is 9.84 Å². The predicted molar refractivity (Wildman–Crippen MR) is 84.2 cm³/mol. The first-order valence-electron chi connectivity index (χ1n) is 6.88. The van der Waals surface area contributed by atoms with E-state index in [0.29, 0.717) is 6.61 Å². The number of aliphatic hydroxyl groups is 1. The molecule has 4 heteroatoms. The number of ether oxygens (including phenoxy) is 1. The van der Waals surface area contributed by atoms with Crippen molar-refractivity contribution in [3.8, 4) is 0 Å². The maximum Gasteiger partial charge on any atom is 0.0661 e. The number of hydrogen-bond donors (Lipinski definition) is 1. The van der Waals surface area contributed by atoms with Gasteiger partial charge < -0.3 is 9.84 Å². The van der Waals surface area contributed by atoms with Gasteiger partial charge in [-0.05, 0) is 18.6 Å². The van der Waals surface area contributed by atoms with Gasteiger partial charge in [0.1, 0.15) is 0 Å². The lowest BCUT2D eigenvalue weighted by atomic mass is 9.85. The summed E-state index contributed by atoms with van der Waals surface area (Å²) in [6, 6.07) is 0. The summed E-state index contributed by atoms with van der Waals surface area (Å²) in [7, 11) is 0. The molecule has 0 saturated carbocycles. The van der Waals surface area contributed by atoms with Crippen LogP contribution >= 0.6 is 11.8 Å². The van der Waals surface area contributed by atoms with Crippen molar-refractivity contribution in [2.45, 2.75) is 19.8 Å². The molecule has 0 aromatic rings. The maximum atomic E-state index is 8.62. The van der Waals surface area contributed by atoms with Gasteiger partial charge in [-0.15, -0.1) is 0 Å². The number of aliphatic hydroxyl groups excluding tert-OH is 1. The SMILES string of the molecule is CC1(C=NCCOCCCSCCO)C=CC=CC1. The summed E-state index contributed by atoms with van der Waals surface area (Å²) in [5.74, 6) is 1.88. The van der Waals surface area contributed by atoms with E-state index in [0.717, 1.165) is 37.5 Å². The van der Waals surface area contributed by atoms with E-state index in [1.165, 1.54) is 0 Å². The summed E-state index contributed by atoms with van der Waals surface area (Å²) in [5.41, 5.74) is 0.0791. The molecule has 1 rings (SSSR count). The van der Waals surface area contributed by atoms with Crippen LogP contribution in [0, 0.1) is 5.41 Å². The summed E-state index contributed by atoms with van der Waals surface area (Å²) >= 11 is 1.77. The van der Waals surface area contributed by atoms with Crippen molar-refractivity contribution in [3.05, 3.63) is 24.3 Å². The van der Waals surface area contributed by atoms with Crippen molar-refractivity contribution < 1.29 is 9.84 Å². The van der Waals surface area contributed by atoms with Crippen LogP contribution in [0.2, 0.25) is 0 Å². The van der Waals surface area contributed by atoms with Crippen LogP contribution < -0.4 is 0 Å². The fourth-order valence-corrected chi connectivity index (χ4v) is 2.42. The second-order valence-corrected chi connectivity index (χ2v) is 6.06. The zero-order valence-electron chi connectivity index (χ0n) is 11.8. The van der Waals surface area contributed by atoms with Crippen molar-refractivity contribution in [3.63, 3.8) is 0 Å². The first-order valence-corrected chi connectivity index (χ1v) is 8.04. The Morgan fingerprint density at radius 2 is 2.26 bits per heavy atom. The van der Waals surface area contributed by atoms with E-state index in [-0.39, 0.29) is 12.0 Å². The molecule has 1 aliphatic carbocycles. The molecule has 0 saturated heterocycles. The molecule has 0 radical (unpaired) electrons. The summed E-state index contributed by atoms with van der Waals surface area (Å²) in [6.45, 7) is 4.67. The summed E-state index contributed by atoms with van der Waals surface area (Å²) in [6.07, 6.45) is 12.6. The first kappa shape index (κ1) is 16.5. The minimum Gasteiger partial charge on any atom is -0.396 e. The number of hydrogen-bond acceptors (Lipinski definition) is 4. The van der Waals surface area contributed by atoms with E-state index >= 15 is 0 Å². The Balaban J connectivity index is 1.96. The van der Waals surface area contributed by atoms with Crippen LogP contribution in [0.15, 0.2) is 29.3 Å². The Labute approximate surface area is 120 Å². The highest BCUT2D eigenvalue weighted by molar-refractivity contribution is 7.99. The van der Waals surface area contributed by atoms with Gasteiger partial charge in [0.05, 0.1) is 19.8 Å². The monoisotopic (exact) mass is 283 g/mol. The molecule has 0 aromatic heterocycles. The molecule has 1 N–H and O–H groups in total. The molecule has 0 bridgehead atoms. The molecule has 1 aliphatic rings. The lowest BCUT2D eigenvalue weighted by Crippen LogP contribution is -2.16. The van der Waals surface area contributed by atoms with Gasteiger partial charge >= 0.3 is 0 Å². The lowest BCUT2D eigenvalue weighted by molar-refractivity contribution is 0.143. The minimum absolute atomic E-state index is 0.0791. The van der Waals surface area contributed by atoms with Crippen LogP contribution in [0.4, 0.5) is 0 Å². The fourth-order valence-electron chi connectivity index (χ4n) is 1.76. The standard InChI is InChI=1S/C15H25NO2S/c1-15(6-3-2-4-7-15)14-16-8-11-18-10-5-12-19-13-9-17/h2-4,6,14,17H,5,7-13H2,1H3. The second-order valence-electron chi connectivity index (χ2n) is 4.83. The Morgan fingerprint density at radius 3 is 3.00 bits per heavy atom. The van der Waals surface area contributed by atoms with Gasteiger partial charge in [-0.1, -0.05) is 31.2 Å². The van der Waals surface area contributed by atoms with E-state index in [1.807, 2.05) is 6.21 Å². The third-order valence-corrected chi connectivity index (χ3v) is 3.89. The van der Waals surface area contributed by atoms with E-state index in [1.54, 1.807) is 11.8 Å². The number of rotatable bonds is 10. The van der Waals surface area contributed by atoms with Gasteiger partial charge in [0.2, 0.25) is 0 Å². The number of nitrogens with zero attached hydrogens (tertiary/aromatic N) is 1. The highest BCUT2D eigenvalue weighted by Gasteiger charge is 2.17. The third kappa shape index (κ3) is 8.24. The molecule has 0 spiro atoms. The fraction of sp³-hybridized carbons (Fsp3) is 0.667. The van der Waals surface area contributed by atoms with Crippen molar-refractivity contribution in [1.82, 2.24) is 0 Å². The van der Waals surface area contributed by atoms with Crippen LogP contribution in [0.5, 0.6) is 0 Å². The lowest BCUT2D eigenvalue weighted by Gasteiger charge is -2.20. The highest BCUT2D eigenvalue weighted by atomic mass is 32.2. The molecule has 0 aliphatic heterocycles. The van der Waals surface area contributed by atoms with Crippen LogP contribution in [0.1, 0.15) is 19.8 Å². The van der Waals surface area contributed by atoms with Gasteiger partial charge in [0.25, 0.3) is 0 Å². The Morgan fingerprint density at radius 1 is 1.37 bits per heavy atom. The zero-order valence-corrected chi connectivity index (χ0v) is 12.6. The van der Waals surface area contributed by atoms with Crippen LogP contribution in [-0.4, -0.2) is 49.2 Å². The average Bonchev–Trinajstić information content (AvgIpc) is 2.42. The third-order valence-electron chi connectivity index (χ3n) is 2.85. The van der Waals surface area contributed by atoms with Crippen molar-refractivity contribution >= 4 is 18.0 Å². The zero-order chi connectivity index (χ0) is 13.8. The molecule has 0 amide bonds. The van der Waals surface area contributed by atoms with Gasteiger partial charge in [0, 0.05) is 24.0 Å². The quantitative estimate of drug-likeness (QED) is 0.495. The first-order chi connectivity index (χ1) is 9.27. The van der Waals surface area contributed by atoms with E-state index in [9.17, 15) is 0 Å². The molecule has 1 unspecified atom stereocenters. The molecule has 3 nitrogen and oxygen atoms in total. The molecule has 0 heterocycles. The topological polar surface area (TPSA) is 41.8 Å². The number of allylic oxidation sites excluding steroid dienone is 4. The molecular weight excluding hydrogens is 258 g/mol. The van der Waals surface area contributed by atoms with Crippen LogP contribution in [0.3, 0.4) is 0 Å². The van der Waals surface area contributed by atoms with Crippen molar-refractivity contribution in [1.29, 1.82) is 0 Å². The second kappa shape index (κ2) is 10.2. The molecule has 0 fully saturated rings. The molecule has 108 valence electrons. The maximum absolute atomic E-state index is 8.62.